The average molecular weight is 159 g/mol. The van der Waals surface area contributed by atoms with Gasteiger partial charge in [-0.1, -0.05) is 0 Å². The number of nitrogens with one attached hydrogen (secondary N) is 1. The zero-order valence-corrected chi connectivity index (χ0v) is 6.38. The Labute approximate surface area is 65.5 Å². The Morgan fingerprint density at radius 3 is 2.73 bits per heavy atom. The van der Waals surface area contributed by atoms with Crippen molar-refractivity contribution in [1.82, 2.24) is 5.32 Å². The number of ether oxygens (including phenoxy) is 2. The summed E-state index contributed by atoms with van der Waals surface area (Å²) in [4.78, 5) is 0. The van der Waals surface area contributed by atoms with Gasteiger partial charge in [-0.15, -0.1) is 0 Å². The Hall–Kier alpha value is -0.160. The van der Waals surface area contributed by atoms with Gasteiger partial charge >= 0.3 is 0 Å². The number of aliphatic hydroxyl groups is 1. The van der Waals surface area contributed by atoms with Gasteiger partial charge in [0, 0.05) is 12.5 Å². The van der Waals surface area contributed by atoms with Crippen molar-refractivity contribution in [2.75, 3.05) is 26.4 Å². The topological polar surface area (TPSA) is 50.7 Å². The van der Waals surface area contributed by atoms with E-state index in [0.717, 1.165) is 6.42 Å². The Balaban J connectivity index is 1.96. The summed E-state index contributed by atoms with van der Waals surface area (Å²) in [6.07, 6.45) is 0.767. The van der Waals surface area contributed by atoms with Crippen LogP contribution in [0.5, 0.6) is 0 Å². The lowest BCUT2D eigenvalue weighted by molar-refractivity contribution is -0.141. The summed E-state index contributed by atoms with van der Waals surface area (Å²) >= 11 is 0. The largest absolute Gasteiger partial charge is 0.395 e. The SMILES string of the molecule is OCC1CC2(CN1)OCCO2. The van der Waals surface area contributed by atoms with Gasteiger partial charge in [-0.2, -0.15) is 0 Å². The first-order chi connectivity index (χ1) is 5.35. The van der Waals surface area contributed by atoms with E-state index in [1.165, 1.54) is 0 Å². The van der Waals surface area contributed by atoms with E-state index in [1.54, 1.807) is 0 Å². The van der Waals surface area contributed by atoms with Gasteiger partial charge in [0.25, 0.3) is 0 Å². The first kappa shape index (κ1) is 7.49. The highest BCUT2D eigenvalue weighted by Crippen LogP contribution is 2.28. The molecule has 2 aliphatic heterocycles. The molecule has 4 nitrogen and oxygen atoms in total. The third-order valence-electron chi connectivity index (χ3n) is 2.25. The molecule has 2 heterocycles. The Bertz CT molecular complexity index is 145. The molecule has 64 valence electrons. The smallest absolute Gasteiger partial charge is 0.182 e. The van der Waals surface area contributed by atoms with Crippen LogP contribution in [0.15, 0.2) is 0 Å². The first-order valence-corrected chi connectivity index (χ1v) is 3.97. The molecule has 1 spiro atoms. The van der Waals surface area contributed by atoms with Crippen molar-refractivity contribution in [1.29, 1.82) is 0 Å². The quantitative estimate of drug-likeness (QED) is 0.519. The van der Waals surface area contributed by atoms with Crippen molar-refractivity contribution in [2.45, 2.75) is 18.2 Å². The molecule has 2 aliphatic rings. The maximum Gasteiger partial charge on any atom is 0.182 e. The van der Waals surface area contributed by atoms with E-state index in [4.69, 9.17) is 14.6 Å². The Morgan fingerprint density at radius 1 is 1.45 bits per heavy atom. The van der Waals surface area contributed by atoms with Crippen LogP contribution in [0, 0.1) is 0 Å². The fraction of sp³-hybridized carbons (Fsp3) is 1.00. The highest BCUT2D eigenvalue weighted by atomic mass is 16.7. The lowest BCUT2D eigenvalue weighted by atomic mass is 10.2. The zero-order chi connectivity index (χ0) is 7.73. The molecule has 0 aromatic carbocycles. The maximum atomic E-state index is 8.84. The molecule has 0 aliphatic carbocycles. The molecular formula is C7H13NO3. The lowest BCUT2D eigenvalue weighted by Crippen LogP contribution is -2.32. The molecule has 2 N–H and O–H groups in total. The summed E-state index contributed by atoms with van der Waals surface area (Å²) in [5.74, 6) is -0.409. The lowest BCUT2D eigenvalue weighted by Gasteiger charge is -2.19. The fourth-order valence-corrected chi connectivity index (χ4v) is 1.67. The molecule has 4 heteroatoms. The second kappa shape index (κ2) is 2.71. The van der Waals surface area contributed by atoms with Crippen LogP contribution in [0.1, 0.15) is 6.42 Å². The van der Waals surface area contributed by atoms with Gasteiger partial charge in [-0.05, 0) is 0 Å². The Kier molecular flexibility index (Phi) is 1.85. The third kappa shape index (κ3) is 1.27. The predicted molar refractivity (Wildman–Crippen MR) is 38.1 cm³/mol. The van der Waals surface area contributed by atoms with Gasteiger partial charge in [0.15, 0.2) is 5.79 Å². The van der Waals surface area contributed by atoms with Crippen molar-refractivity contribution in [3.8, 4) is 0 Å². The number of hydrogen-bond acceptors (Lipinski definition) is 4. The van der Waals surface area contributed by atoms with E-state index in [2.05, 4.69) is 5.32 Å². The predicted octanol–water partition coefficient (Wildman–Crippen LogP) is -0.916. The standard InChI is InChI=1S/C7H13NO3/c9-4-6-3-7(5-8-6)10-1-2-11-7/h6,8-9H,1-5H2. The number of hydrogen-bond donors (Lipinski definition) is 2. The van der Waals surface area contributed by atoms with Crippen LogP contribution in [-0.2, 0) is 9.47 Å². The molecule has 0 aromatic rings. The Morgan fingerprint density at radius 2 is 2.18 bits per heavy atom. The van der Waals surface area contributed by atoms with E-state index in [1.807, 2.05) is 0 Å². The van der Waals surface area contributed by atoms with E-state index in [9.17, 15) is 0 Å². The third-order valence-corrected chi connectivity index (χ3v) is 2.25. The first-order valence-electron chi connectivity index (χ1n) is 3.97. The molecule has 0 saturated carbocycles. The summed E-state index contributed by atoms with van der Waals surface area (Å²) in [7, 11) is 0. The van der Waals surface area contributed by atoms with Gasteiger partial charge in [0.1, 0.15) is 0 Å². The van der Waals surface area contributed by atoms with Crippen molar-refractivity contribution in [2.24, 2.45) is 0 Å². The average Bonchev–Trinajstić information content (AvgIpc) is 2.62. The van der Waals surface area contributed by atoms with Gasteiger partial charge in [-0.25, -0.2) is 0 Å². The van der Waals surface area contributed by atoms with Crippen LogP contribution in [0.4, 0.5) is 0 Å². The van der Waals surface area contributed by atoms with Crippen LogP contribution < -0.4 is 5.32 Å². The molecule has 0 radical (unpaired) electrons. The van der Waals surface area contributed by atoms with Crippen molar-refractivity contribution >= 4 is 0 Å². The van der Waals surface area contributed by atoms with Crippen molar-refractivity contribution in [3.05, 3.63) is 0 Å². The molecular weight excluding hydrogens is 146 g/mol. The minimum Gasteiger partial charge on any atom is -0.395 e. The highest BCUT2D eigenvalue weighted by molar-refractivity contribution is 4.90. The van der Waals surface area contributed by atoms with Gasteiger partial charge in [0.2, 0.25) is 0 Å². The summed E-state index contributed by atoms with van der Waals surface area (Å²) in [5, 5.41) is 12.0. The summed E-state index contributed by atoms with van der Waals surface area (Å²) in [6.45, 7) is 2.23. The van der Waals surface area contributed by atoms with Crippen LogP contribution in [0.3, 0.4) is 0 Å². The monoisotopic (exact) mass is 159 g/mol. The van der Waals surface area contributed by atoms with Gasteiger partial charge < -0.3 is 19.9 Å². The maximum absolute atomic E-state index is 8.84. The summed E-state index contributed by atoms with van der Waals surface area (Å²) in [6, 6.07) is 0.146. The molecule has 11 heavy (non-hydrogen) atoms. The van der Waals surface area contributed by atoms with Crippen LogP contribution in [0.25, 0.3) is 0 Å². The molecule has 0 aromatic heterocycles. The molecule has 2 rings (SSSR count). The van der Waals surface area contributed by atoms with E-state index in [0.29, 0.717) is 19.8 Å². The van der Waals surface area contributed by atoms with Crippen molar-refractivity contribution < 1.29 is 14.6 Å². The second-order valence-corrected chi connectivity index (χ2v) is 3.07. The summed E-state index contributed by atoms with van der Waals surface area (Å²) in [5.41, 5.74) is 0. The van der Waals surface area contributed by atoms with E-state index < -0.39 is 5.79 Å². The summed E-state index contributed by atoms with van der Waals surface area (Å²) < 4.78 is 10.9. The minimum atomic E-state index is -0.409. The van der Waals surface area contributed by atoms with Crippen LogP contribution in [-0.4, -0.2) is 43.3 Å². The fourth-order valence-electron chi connectivity index (χ4n) is 1.67. The van der Waals surface area contributed by atoms with Gasteiger partial charge in [0.05, 0.1) is 26.4 Å². The number of aliphatic hydroxyl groups excluding tert-OH is 1. The number of rotatable bonds is 1. The van der Waals surface area contributed by atoms with Crippen LogP contribution in [0.2, 0.25) is 0 Å². The minimum absolute atomic E-state index is 0.146. The molecule has 1 atom stereocenters. The molecule has 2 saturated heterocycles. The normalized spacial score (nSPS) is 35.2. The second-order valence-electron chi connectivity index (χ2n) is 3.07. The molecule has 2 fully saturated rings. The van der Waals surface area contributed by atoms with E-state index in [-0.39, 0.29) is 12.6 Å². The van der Waals surface area contributed by atoms with Crippen LogP contribution >= 0.6 is 0 Å². The zero-order valence-electron chi connectivity index (χ0n) is 6.38. The van der Waals surface area contributed by atoms with Gasteiger partial charge in [-0.3, -0.25) is 0 Å². The molecule has 0 amide bonds. The molecule has 0 bridgehead atoms. The van der Waals surface area contributed by atoms with E-state index >= 15 is 0 Å². The molecule has 1 unspecified atom stereocenters. The van der Waals surface area contributed by atoms with Crippen molar-refractivity contribution in [3.63, 3.8) is 0 Å². The highest BCUT2D eigenvalue weighted by Gasteiger charge is 2.43.